The Morgan fingerprint density at radius 2 is 1.74 bits per heavy atom. The number of piperidine rings is 1. The molecule has 27 heavy (non-hydrogen) atoms. The molecule has 1 saturated heterocycles. The summed E-state index contributed by atoms with van der Waals surface area (Å²) in [5.74, 6) is -0.701. The van der Waals surface area contributed by atoms with Crippen LogP contribution in [0.2, 0.25) is 0 Å². The van der Waals surface area contributed by atoms with Gasteiger partial charge in [0, 0.05) is 13.1 Å². The van der Waals surface area contributed by atoms with Crippen molar-refractivity contribution in [3.63, 3.8) is 0 Å². The van der Waals surface area contributed by atoms with Crippen LogP contribution in [0.15, 0.2) is 48.5 Å². The van der Waals surface area contributed by atoms with Crippen molar-refractivity contribution in [2.24, 2.45) is 11.8 Å². The molecule has 2 aromatic rings. The molecule has 0 aromatic heterocycles. The van der Waals surface area contributed by atoms with Crippen LogP contribution >= 0.6 is 0 Å². The first-order valence-corrected chi connectivity index (χ1v) is 9.00. The fourth-order valence-corrected chi connectivity index (χ4v) is 3.54. The number of carbonyl (C=O) groups is 2. The van der Waals surface area contributed by atoms with Gasteiger partial charge in [-0.3, -0.25) is 9.59 Å². The molecule has 142 valence electrons. The first kappa shape index (κ1) is 18.8. The Kier molecular flexibility index (Phi) is 5.64. The second-order valence-electron chi connectivity index (χ2n) is 6.96. The maximum absolute atomic E-state index is 13.1. The highest BCUT2D eigenvalue weighted by Gasteiger charge is 2.32. The Morgan fingerprint density at radius 1 is 1.07 bits per heavy atom. The van der Waals surface area contributed by atoms with E-state index in [0.717, 1.165) is 5.69 Å². The van der Waals surface area contributed by atoms with E-state index in [4.69, 9.17) is 4.74 Å². The normalized spacial score (nSPS) is 19.4. The lowest BCUT2D eigenvalue weighted by molar-refractivity contribution is -0.143. The van der Waals surface area contributed by atoms with E-state index in [0.29, 0.717) is 30.0 Å². The molecular weight excluding hydrogens is 344 g/mol. The fraction of sp³-hybridized carbons (Fsp3) is 0.333. The molecule has 0 spiro atoms. The van der Waals surface area contributed by atoms with Crippen LogP contribution in [0, 0.1) is 11.8 Å². The highest BCUT2D eigenvalue weighted by Crippen LogP contribution is 2.30. The minimum Gasteiger partial charge on any atom is -0.495 e. The van der Waals surface area contributed by atoms with Gasteiger partial charge in [-0.05, 0) is 36.6 Å². The number of hydrogen-bond acceptors (Lipinski definition) is 4. The molecule has 6 heteroatoms. The van der Waals surface area contributed by atoms with Gasteiger partial charge in [-0.2, -0.15) is 0 Å². The first-order chi connectivity index (χ1) is 13.0. The number of para-hydroxylation sites is 3. The van der Waals surface area contributed by atoms with Crippen LogP contribution in [0.25, 0.3) is 0 Å². The number of ether oxygens (including phenoxy) is 1. The summed E-state index contributed by atoms with van der Waals surface area (Å²) in [6, 6.07) is 14.7. The third-order valence-corrected chi connectivity index (χ3v) is 4.83. The second kappa shape index (κ2) is 8.12. The Labute approximate surface area is 158 Å². The maximum Gasteiger partial charge on any atom is 0.308 e. The number of aliphatic carboxylic acids is 1. The molecule has 6 nitrogen and oxygen atoms in total. The highest BCUT2D eigenvalue weighted by atomic mass is 16.5. The van der Waals surface area contributed by atoms with Crippen LogP contribution in [-0.4, -0.2) is 42.1 Å². The Balaban J connectivity index is 1.87. The van der Waals surface area contributed by atoms with Gasteiger partial charge in [0.25, 0.3) is 5.91 Å². The lowest BCUT2D eigenvalue weighted by Gasteiger charge is -2.35. The summed E-state index contributed by atoms with van der Waals surface area (Å²) in [5, 5.41) is 12.6. The molecule has 2 aromatic carbocycles. The molecule has 2 atom stereocenters. The van der Waals surface area contributed by atoms with Gasteiger partial charge in [0.15, 0.2) is 0 Å². The standard InChI is InChI=1S/C21H24N2O4/c1-14-11-15(21(25)26)13-23(12-14)20(24)16-7-3-4-8-17(16)22-18-9-5-6-10-19(18)27-2/h3-10,14-15,22H,11-13H2,1-2H3,(H,25,26). The van der Waals surface area contributed by atoms with Crippen molar-refractivity contribution in [1.82, 2.24) is 4.90 Å². The average molecular weight is 368 g/mol. The second-order valence-corrected chi connectivity index (χ2v) is 6.96. The Bertz CT molecular complexity index is 836. The number of anilines is 2. The first-order valence-electron chi connectivity index (χ1n) is 9.00. The number of nitrogens with zero attached hydrogens (tertiary/aromatic N) is 1. The van der Waals surface area contributed by atoms with Gasteiger partial charge in [-0.1, -0.05) is 31.2 Å². The van der Waals surface area contributed by atoms with Gasteiger partial charge in [-0.15, -0.1) is 0 Å². The predicted octanol–water partition coefficient (Wildman–Crippen LogP) is 3.62. The zero-order chi connectivity index (χ0) is 19.4. The van der Waals surface area contributed by atoms with E-state index in [-0.39, 0.29) is 18.4 Å². The van der Waals surface area contributed by atoms with Crippen LogP contribution in [0.3, 0.4) is 0 Å². The van der Waals surface area contributed by atoms with Crippen molar-refractivity contribution < 1.29 is 19.4 Å². The fourth-order valence-electron chi connectivity index (χ4n) is 3.54. The number of benzene rings is 2. The molecule has 0 radical (unpaired) electrons. The molecule has 1 aliphatic rings. The monoisotopic (exact) mass is 368 g/mol. The van der Waals surface area contributed by atoms with Crippen molar-refractivity contribution >= 4 is 23.3 Å². The summed E-state index contributed by atoms with van der Waals surface area (Å²) >= 11 is 0. The summed E-state index contributed by atoms with van der Waals surface area (Å²) in [6.45, 7) is 2.78. The lowest BCUT2D eigenvalue weighted by Crippen LogP contribution is -2.45. The SMILES string of the molecule is COc1ccccc1Nc1ccccc1C(=O)N1CC(C)CC(C(=O)O)C1. The van der Waals surface area contributed by atoms with Gasteiger partial charge in [-0.25, -0.2) is 0 Å². The summed E-state index contributed by atoms with van der Waals surface area (Å²) in [4.78, 5) is 26.2. The minimum atomic E-state index is -0.847. The van der Waals surface area contributed by atoms with Crippen molar-refractivity contribution in [2.75, 3.05) is 25.5 Å². The summed E-state index contributed by atoms with van der Waals surface area (Å²) in [7, 11) is 1.60. The summed E-state index contributed by atoms with van der Waals surface area (Å²) in [5.41, 5.74) is 1.94. The lowest BCUT2D eigenvalue weighted by atomic mass is 9.90. The van der Waals surface area contributed by atoms with Gasteiger partial charge in [0.2, 0.25) is 0 Å². The summed E-state index contributed by atoms with van der Waals surface area (Å²) in [6.07, 6.45) is 0.597. The number of nitrogens with one attached hydrogen (secondary N) is 1. The van der Waals surface area contributed by atoms with Crippen molar-refractivity contribution in [3.05, 3.63) is 54.1 Å². The zero-order valence-electron chi connectivity index (χ0n) is 15.5. The van der Waals surface area contributed by atoms with Gasteiger partial charge in [0.05, 0.1) is 30.0 Å². The third-order valence-electron chi connectivity index (χ3n) is 4.83. The number of rotatable bonds is 5. The number of methoxy groups -OCH3 is 1. The largest absolute Gasteiger partial charge is 0.495 e. The van der Waals surface area contributed by atoms with Crippen LogP contribution < -0.4 is 10.1 Å². The van der Waals surface area contributed by atoms with Gasteiger partial charge >= 0.3 is 5.97 Å². The molecule has 1 aliphatic heterocycles. The molecule has 2 N–H and O–H groups in total. The molecular formula is C21H24N2O4. The van der Waals surface area contributed by atoms with Crippen molar-refractivity contribution in [3.8, 4) is 5.75 Å². The van der Waals surface area contributed by atoms with E-state index in [1.165, 1.54) is 0 Å². The molecule has 1 fully saturated rings. The number of likely N-dealkylation sites (tertiary alicyclic amines) is 1. The number of carboxylic acids is 1. The molecule has 2 unspecified atom stereocenters. The van der Waals surface area contributed by atoms with E-state index < -0.39 is 11.9 Å². The van der Waals surface area contributed by atoms with Crippen LogP contribution in [0.4, 0.5) is 11.4 Å². The van der Waals surface area contributed by atoms with E-state index in [1.807, 2.05) is 49.4 Å². The van der Waals surface area contributed by atoms with E-state index in [2.05, 4.69) is 5.32 Å². The minimum absolute atomic E-state index is 0.151. The molecule has 1 heterocycles. The maximum atomic E-state index is 13.1. The molecule has 0 aliphatic carbocycles. The van der Waals surface area contributed by atoms with Crippen LogP contribution in [0.5, 0.6) is 5.75 Å². The number of amides is 1. The number of hydrogen-bond donors (Lipinski definition) is 2. The van der Waals surface area contributed by atoms with Gasteiger partial charge in [0.1, 0.15) is 5.75 Å². The summed E-state index contributed by atoms with van der Waals surface area (Å²) < 4.78 is 5.37. The quantitative estimate of drug-likeness (QED) is 0.843. The van der Waals surface area contributed by atoms with E-state index in [1.54, 1.807) is 18.1 Å². The molecule has 3 rings (SSSR count). The topological polar surface area (TPSA) is 78.9 Å². The predicted molar refractivity (Wildman–Crippen MR) is 104 cm³/mol. The van der Waals surface area contributed by atoms with Crippen molar-refractivity contribution in [1.29, 1.82) is 0 Å². The molecule has 1 amide bonds. The number of carbonyl (C=O) groups excluding carboxylic acids is 1. The van der Waals surface area contributed by atoms with E-state index >= 15 is 0 Å². The Hall–Kier alpha value is -3.02. The molecule has 0 bridgehead atoms. The zero-order valence-corrected chi connectivity index (χ0v) is 15.5. The smallest absolute Gasteiger partial charge is 0.308 e. The van der Waals surface area contributed by atoms with Gasteiger partial charge < -0.3 is 20.1 Å². The third kappa shape index (κ3) is 4.22. The number of carboxylic acid groups (broad SMARTS) is 1. The van der Waals surface area contributed by atoms with Crippen LogP contribution in [0.1, 0.15) is 23.7 Å². The van der Waals surface area contributed by atoms with Crippen molar-refractivity contribution in [2.45, 2.75) is 13.3 Å². The Morgan fingerprint density at radius 3 is 2.44 bits per heavy atom. The average Bonchev–Trinajstić information content (AvgIpc) is 2.67. The molecule has 0 saturated carbocycles. The van der Waals surface area contributed by atoms with Crippen LogP contribution in [-0.2, 0) is 4.79 Å². The van der Waals surface area contributed by atoms with E-state index in [9.17, 15) is 14.7 Å². The highest BCUT2D eigenvalue weighted by molar-refractivity contribution is 6.00.